The van der Waals surface area contributed by atoms with E-state index in [1.807, 2.05) is 31.2 Å². The molecule has 0 aliphatic carbocycles. The molecule has 0 radical (unpaired) electrons. The van der Waals surface area contributed by atoms with Crippen LogP contribution in [0.1, 0.15) is 23.1 Å². The molecule has 2 heterocycles. The largest absolute Gasteiger partial charge is 0.438 e. The van der Waals surface area contributed by atoms with Crippen LogP contribution in [0.5, 0.6) is 11.6 Å². The molecule has 8 heteroatoms. The number of rotatable bonds is 6. The highest BCUT2D eigenvalue weighted by atomic mass is 32.1. The summed E-state index contributed by atoms with van der Waals surface area (Å²) in [6.45, 7) is 2.01. The Kier molecular flexibility index (Phi) is 6.96. The maximum absolute atomic E-state index is 12.2. The highest BCUT2D eigenvalue weighted by Crippen LogP contribution is 2.30. The molecule has 4 aromatic rings. The van der Waals surface area contributed by atoms with Crippen LogP contribution < -0.4 is 15.4 Å². The van der Waals surface area contributed by atoms with E-state index in [0.717, 1.165) is 23.5 Å². The second-order valence-electron chi connectivity index (χ2n) is 6.97. The summed E-state index contributed by atoms with van der Waals surface area (Å²) in [5.74, 6) is 1.54. The molecule has 0 fully saturated rings. The molecule has 0 bridgehead atoms. The monoisotopic (exact) mass is 455 g/mol. The van der Waals surface area contributed by atoms with Crippen molar-refractivity contribution in [2.45, 2.75) is 13.3 Å². The fourth-order valence-corrected chi connectivity index (χ4v) is 3.24. The summed E-state index contributed by atoms with van der Waals surface area (Å²) in [5, 5.41) is 5.87. The number of nitrogens with zero attached hydrogens (tertiary/aromatic N) is 3. The molecule has 1 amide bonds. The number of hydrogen-bond acceptors (Lipinski definition) is 6. The molecule has 164 valence electrons. The lowest BCUT2D eigenvalue weighted by Crippen LogP contribution is -2.34. The summed E-state index contributed by atoms with van der Waals surface area (Å²) in [6.07, 6.45) is 4.15. The second kappa shape index (κ2) is 10.4. The Morgan fingerprint density at radius 1 is 0.939 bits per heavy atom. The van der Waals surface area contributed by atoms with E-state index in [-0.39, 0.29) is 11.0 Å². The number of ether oxygens (including phenoxy) is 1. The summed E-state index contributed by atoms with van der Waals surface area (Å²) >= 11 is 5.25. The average molecular weight is 456 g/mol. The zero-order valence-electron chi connectivity index (χ0n) is 17.9. The van der Waals surface area contributed by atoms with E-state index < -0.39 is 0 Å². The topological polar surface area (TPSA) is 89.0 Å². The predicted molar refractivity (Wildman–Crippen MR) is 131 cm³/mol. The van der Waals surface area contributed by atoms with Gasteiger partial charge in [-0.3, -0.25) is 10.1 Å². The van der Waals surface area contributed by atoms with Gasteiger partial charge in [0.1, 0.15) is 11.6 Å². The first kappa shape index (κ1) is 22.0. The zero-order chi connectivity index (χ0) is 23.0. The zero-order valence-corrected chi connectivity index (χ0v) is 18.7. The van der Waals surface area contributed by atoms with Crippen molar-refractivity contribution in [3.8, 4) is 22.9 Å². The normalized spacial score (nSPS) is 10.3. The van der Waals surface area contributed by atoms with E-state index in [4.69, 9.17) is 17.0 Å². The van der Waals surface area contributed by atoms with E-state index in [1.165, 1.54) is 0 Å². The maximum Gasteiger partial charge on any atom is 0.257 e. The first-order valence-electron chi connectivity index (χ1n) is 10.3. The molecule has 0 spiro atoms. The van der Waals surface area contributed by atoms with Crippen LogP contribution in [0.15, 0.2) is 85.2 Å². The predicted octanol–water partition coefficient (Wildman–Crippen LogP) is 5.02. The Bertz CT molecular complexity index is 1260. The molecular weight excluding hydrogens is 434 g/mol. The molecule has 2 aromatic carbocycles. The van der Waals surface area contributed by atoms with Gasteiger partial charge in [0.15, 0.2) is 5.11 Å². The summed E-state index contributed by atoms with van der Waals surface area (Å²) in [5.41, 5.74) is 2.78. The number of benzene rings is 2. The summed E-state index contributed by atoms with van der Waals surface area (Å²) in [4.78, 5) is 25.4. The number of carbonyl (C=O) groups is 1. The van der Waals surface area contributed by atoms with Gasteiger partial charge in [-0.25, -0.2) is 15.0 Å². The number of aryl methyl sites for hydroxylation is 1. The van der Waals surface area contributed by atoms with E-state index >= 15 is 0 Å². The van der Waals surface area contributed by atoms with Gasteiger partial charge in [0.25, 0.3) is 5.91 Å². The standard InChI is InChI=1S/C25H21N5O2S/c1-2-22-26-16-14-21(29-22)20-9-6-15-27-24(20)32-19-12-10-18(11-13-19)28-25(33)30-23(31)17-7-4-3-5-8-17/h3-16H,2H2,1H3,(H2,28,30,31,33). The van der Waals surface area contributed by atoms with E-state index in [0.29, 0.717) is 22.9 Å². The van der Waals surface area contributed by atoms with Crippen molar-refractivity contribution < 1.29 is 9.53 Å². The molecule has 7 nitrogen and oxygen atoms in total. The Morgan fingerprint density at radius 3 is 2.48 bits per heavy atom. The molecule has 33 heavy (non-hydrogen) atoms. The third-order valence-electron chi connectivity index (χ3n) is 4.66. The number of pyridine rings is 1. The van der Waals surface area contributed by atoms with Gasteiger partial charge in [0, 0.05) is 30.1 Å². The first-order valence-corrected chi connectivity index (χ1v) is 10.8. The molecule has 0 saturated carbocycles. The summed E-state index contributed by atoms with van der Waals surface area (Å²) < 4.78 is 6.02. The Balaban J connectivity index is 1.42. The fraction of sp³-hybridized carbons (Fsp3) is 0.0800. The van der Waals surface area contributed by atoms with Gasteiger partial charge in [0.2, 0.25) is 5.88 Å². The van der Waals surface area contributed by atoms with Crippen LogP contribution in [-0.2, 0) is 6.42 Å². The van der Waals surface area contributed by atoms with Crippen molar-refractivity contribution >= 4 is 28.9 Å². The molecule has 0 unspecified atom stereocenters. The van der Waals surface area contributed by atoms with E-state index in [9.17, 15) is 4.79 Å². The Morgan fingerprint density at radius 2 is 1.73 bits per heavy atom. The van der Waals surface area contributed by atoms with Crippen LogP contribution in [0.25, 0.3) is 11.3 Å². The van der Waals surface area contributed by atoms with Crippen molar-refractivity contribution in [2.75, 3.05) is 5.32 Å². The van der Waals surface area contributed by atoms with Gasteiger partial charge in [-0.2, -0.15) is 0 Å². The minimum absolute atomic E-state index is 0.208. The van der Waals surface area contributed by atoms with E-state index in [2.05, 4.69) is 25.6 Å². The minimum atomic E-state index is -0.272. The lowest BCUT2D eigenvalue weighted by Gasteiger charge is -2.12. The van der Waals surface area contributed by atoms with Crippen LogP contribution >= 0.6 is 12.2 Å². The number of carbonyl (C=O) groups excluding carboxylic acids is 1. The Hall–Kier alpha value is -4.17. The lowest BCUT2D eigenvalue weighted by molar-refractivity contribution is 0.0977. The second-order valence-corrected chi connectivity index (χ2v) is 7.38. The molecule has 0 atom stereocenters. The minimum Gasteiger partial charge on any atom is -0.438 e. The first-order chi connectivity index (χ1) is 16.1. The highest BCUT2D eigenvalue weighted by Gasteiger charge is 2.11. The van der Waals surface area contributed by atoms with Crippen LogP contribution in [0.2, 0.25) is 0 Å². The van der Waals surface area contributed by atoms with Crippen LogP contribution in [-0.4, -0.2) is 26.0 Å². The third kappa shape index (κ3) is 5.75. The van der Waals surface area contributed by atoms with Crippen LogP contribution in [0.4, 0.5) is 5.69 Å². The molecule has 4 rings (SSSR count). The highest BCUT2D eigenvalue weighted by molar-refractivity contribution is 7.80. The van der Waals surface area contributed by atoms with Gasteiger partial charge in [-0.1, -0.05) is 25.1 Å². The average Bonchev–Trinajstić information content (AvgIpc) is 2.86. The fourth-order valence-electron chi connectivity index (χ4n) is 3.03. The summed E-state index contributed by atoms with van der Waals surface area (Å²) in [6, 6.07) is 21.7. The van der Waals surface area contributed by atoms with Gasteiger partial charge < -0.3 is 10.1 Å². The maximum atomic E-state index is 12.2. The van der Waals surface area contributed by atoms with Crippen molar-refractivity contribution in [2.24, 2.45) is 0 Å². The smallest absolute Gasteiger partial charge is 0.257 e. The number of amides is 1. The van der Waals surface area contributed by atoms with Crippen LogP contribution in [0, 0.1) is 0 Å². The summed E-state index contributed by atoms with van der Waals surface area (Å²) in [7, 11) is 0. The molecule has 2 N–H and O–H groups in total. The van der Waals surface area contributed by atoms with Crippen LogP contribution in [0.3, 0.4) is 0 Å². The molecule has 0 aliphatic rings. The van der Waals surface area contributed by atoms with Crippen molar-refractivity contribution in [3.63, 3.8) is 0 Å². The number of hydrogen-bond donors (Lipinski definition) is 2. The van der Waals surface area contributed by atoms with Crippen molar-refractivity contribution in [1.29, 1.82) is 0 Å². The molecule has 0 saturated heterocycles. The lowest BCUT2D eigenvalue weighted by atomic mass is 10.2. The number of anilines is 1. The van der Waals surface area contributed by atoms with Gasteiger partial charge in [-0.15, -0.1) is 0 Å². The number of thiocarbonyl (C=S) groups is 1. The van der Waals surface area contributed by atoms with Crippen molar-refractivity contribution in [3.05, 3.63) is 96.6 Å². The SMILES string of the molecule is CCc1nccc(-c2cccnc2Oc2ccc(NC(=S)NC(=O)c3ccccc3)cc2)n1. The molecule has 2 aromatic heterocycles. The number of nitrogens with one attached hydrogen (secondary N) is 2. The van der Waals surface area contributed by atoms with Gasteiger partial charge >= 0.3 is 0 Å². The molecular formula is C25H21N5O2S. The van der Waals surface area contributed by atoms with Gasteiger partial charge in [-0.05, 0) is 66.8 Å². The van der Waals surface area contributed by atoms with E-state index in [1.54, 1.807) is 60.9 Å². The van der Waals surface area contributed by atoms with Gasteiger partial charge in [0.05, 0.1) is 11.3 Å². The third-order valence-corrected chi connectivity index (χ3v) is 4.86. The quantitative estimate of drug-likeness (QED) is 0.395. The van der Waals surface area contributed by atoms with Crippen molar-refractivity contribution in [1.82, 2.24) is 20.3 Å². The number of aromatic nitrogens is 3. The molecule has 0 aliphatic heterocycles. The Labute approximate surface area is 196 Å².